The predicted molar refractivity (Wildman–Crippen MR) is 113 cm³/mol. The van der Waals surface area contributed by atoms with E-state index in [0.717, 1.165) is 12.2 Å². The highest BCUT2D eigenvalue weighted by molar-refractivity contribution is 8.00. The molecule has 170 valence electrons. The van der Waals surface area contributed by atoms with E-state index >= 15 is 0 Å². The van der Waals surface area contributed by atoms with Crippen LogP contribution in [0.2, 0.25) is 0 Å². The quantitative estimate of drug-likeness (QED) is 0.337. The second-order valence-corrected chi connectivity index (χ2v) is 11.1. The molecule has 0 aromatic carbocycles. The maximum atomic E-state index is 11.4. The summed E-state index contributed by atoms with van der Waals surface area (Å²) in [7, 11) is 0. The van der Waals surface area contributed by atoms with E-state index in [2.05, 4.69) is 17.0 Å². The predicted octanol–water partition coefficient (Wildman–Crippen LogP) is 5.28. The molecule has 0 aliphatic carbocycles. The molecule has 0 aromatic rings. The lowest BCUT2D eigenvalue weighted by Gasteiger charge is -2.22. The van der Waals surface area contributed by atoms with Crippen molar-refractivity contribution in [1.29, 1.82) is 0 Å². The van der Waals surface area contributed by atoms with E-state index in [4.69, 9.17) is 14.2 Å². The van der Waals surface area contributed by atoms with Crippen molar-refractivity contribution in [1.82, 2.24) is 5.32 Å². The molecule has 1 heterocycles. The standard InChI is InChI=1S/C10H19NO2S.C10H18O5/c1-7-8(5-6-14-7)11-9(12)13-10(2,3)4;1-9(2,3)14-7(11)13-8(12)15-10(4,5)6/h7-8H,5-6H2,1-4H3,(H,11,12);1-6H3. The van der Waals surface area contributed by atoms with Gasteiger partial charge in [0.05, 0.1) is 0 Å². The van der Waals surface area contributed by atoms with Crippen molar-refractivity contribution in [2.45, 2.75) is 104 Å². The highest BCUT2D eigenvalue weighted by atomic mass is 32.2. The van der Waals surface area contributed by atoms with Crippen LogP contribution in [0.1, 0.15) is 75.7 Å². The van der Waals surface area contributed by atoms with Crippen molar-refractivity contribution in [3.05, 3.63) is 0 Å². The van der Waals surface area contributed by atoms with Gasteiger partial charge in [-0.05, 0) is 74.5 Å². The van der Waals surface area contributed by atoms with Crippen molar-refractivity contribution in [3.63, 3.8) is 0 Å². The number of ether oxygens (including phenoxy) is 4. The van der Waals surface area contributed by atoms with Gasteiger partial charge >= 0.3 is 18.4 Å². The summed E-state index contributed by atoms with van der Waals surface area (Å²) < 4.78 is 19.0. The Balaban J connectivity index is 0.000000541. The Morgan fingerprint density at radius 1 is 0.793 bits per heavy atom. The fourth-order valence-electron chi connectivity index (χ4n) is 1.99. The summed E-state index contributed by atoms with van der Waals surface area (Å²) in [6.07, 6.45) is -1.37. The van der Waals surface area contributed by atoms with Crippen LogP contribution in [-0.2, 0) is 18.9 Å². The molecule has 1 N–H and O–H groups in total. The van der Waals surface area contributed by atoms with Crippen LogP contribution in [0.3, 0.4) is 0 Å². The minimum atomic E-state index is -1.06. The Kier molecular flexibility index (Phi) is 10.3. The second-order valence-electron chi connectivity index (χ2n) is 9.65. The first-order valence-electron chi connectivity index (χ1n) is 9.63. The first-order chi connectivity index (χ1) is 12.9. The third-order valence-electron chi connectivity index (χ3n) is 3.02. The van der Waals surface area contributed by atoms with Gasteiger partial charge in [-0.15, -0.1) is 0 Å². The summed E-state index contributed by atoms with van der Waals surface area (Å²) in [5, 5.41) is 3.41. The number of nitrogens with one attached hydrogen (secondary N) is 1. The summed E-state index contributed by atoms with van der Waals surface area (Å²) in [6.45, 7) is 17.8. The smallest absolute Gasteiger partial charge is 0.444 e. The molecule has 0 radical (unpaired) electrons. The number of rotatable bonds is 1. The van der Waals surface area contributed by atoms with Crippen LogP contribution in [0.4, 0.5) is 14.4 Å². The number of hydrogen-bond donors (Lipinski definition) is 1. The van der Waals surface area contributed by atoms with Gasteiger partial charge in [-0.2, -0.15) is 11.8 Å². The van der Waals surface area contributed by atoms with Crippen LogP contribution in [0.15, 0.2) is 0 Å². The average molecular weight is 436 g/mol. The Bertz CT molecular complexity index is 533. The van der Waals surface area contributed by atoms with Gasteiger partial charge in [0.15, 0.2) is 0 Å². The molecule has 0 bridgehead atoms. The maximum Gasteiger partial charge on any atom is 0.519 e. The van der Waals surface area contributed by atoms with Gasteiger partial charge in [0.1, 0.15) is 16.8 Å². The molecule has 1 rings (SSSR count). The monoisotopic (exact) mass is 435 g/mol. The van der Waals surface area contributed by atoms with Crippen molar-refractivity contribution < 1.29 is 33.3 Å². The zero-order valence-corrected chi connectivity index (χ0v) is 20.2. The molecule has 1 aliphatic rings. The molecule has 1 amide bonds. The molecule has 1 saturated heterocycles. The van der Waals surface area contributed by atoms with Crippen LogP contribution < -0.4 is 5.32 Å². The SMILES string of the molecule is CC(C)(C)OC(=O)OC(=O)OC(C)(C)C.CC1SCCC1NC(=O)OC(C)(C)C. The van der Waals surface area contributed by atoms with Gasteiger partial charge in [-0.3, -0.25) is 0 Å². The molecule has 0 spiro atoms. The van der Waals surface area contributed by atoms with E-state index in [-0.39, 0.29) is 12.1 Å². The highest BCUT2D eigenvalue weighted by Gasteiger charge is 2.27. The summed E-state index contributed by atoms with van der Waals surface area (Å²) >= 11 is 1.90. The van der Waals surface area contributed by atoms with Crippen molar-refractivity contribution >= 4 is 30.2 Å². The number of carbonyl (C=O) groups excluding carboxylic acids is 3. The van der Waals surface area contributed by atoms with E-state index in [1.165, 1.54) is 0 Å². The van der Waals surface area contributed by atoms with Gasteiger partial charge in [-0.1, -0.05) is 6.92 Å². The zero-order chi connectivity index (χ0) is 23.0. The molecule has 29 heavy (non-hydrogen) atoms. The average Bonchev–Trinajstić information content (AvgIpc) is 2.77. The van der Waals surface area contributed by atoms with E-state index < -0.39 is 29.1 Å². The summed E-state index contributed by atoms with van der Waals surface area (Å²) in [6, 6.07) is 0.273. The fourth-order valence-corrected chi connectivity index (χ4v) is 3.19. The van der Waals surface area contributed by atoms with Crippen LogP contribution in [0.5, 0.6) is 0 Å². The molecule has 1 fully saturated rings. The van der Waals surface area contributed by atoms with Crippen LogP contribution in [-0.4, -0.2) is 52.3 Å². The Morgan fingerprint density at radius 2 is 1.21 bits per heavy atom. The zero-order valence-electron chi connectivity index (χ0n) is 19.3. The first-order valence-corrected chi connectivity index (χ1v) is 10.7. The van der Waals surface area contributed by atoms with Gasteiger partial charge in [0.25, 0.3) is 0 Å². The number of thioether (sulfide) groups is 1. The summed E-state index contributed by atoms with van der Waals surface area (Å²) in [5.41, 5.74) is -1.79. The molecule has 0 saturated carbocycles. The van der Waals surface area contributed by atoms with E-state index in [0.29, 0.717) is 5.25 Å². The lowest BCUT2D eigenvalue weighted by molar-refractivity contribution is -0.0294. The Labute approximate surface area is 178 Å². The number of hydrogen-bond acceptors (Lipinski definition) is 8. The molecule has 2 unspecified atom stereocenters. The molecule has 0 aromatic heterocycles. The largest absolute Gasteiger partial charge is 0.519 e. The molecular formula is C20H37NO7S. The second kappa shape index (κ2) is 10.9. The lowest BCUT2D eigenvalue weighted by Crippen LogP contribution is -2.41. The van der Waals surface area contributed by atoms with E-state index in [1.54, 1.807) is 41.5 Å². The number of alkyl carbamates (subject to hydrolysis) is 1. The fraction of sp³-hybridized carbons (Fsp3) is 0.850. The normalized spacial score (nSPS) is 19.4. The van der Waals surface area contributed by atoms with Crippen LogP contribution in [0, 0.1) is 0 Å². The third-order valence-corrected chi connectivity index (χ3v) is 4.35. The number of carbonyl (C=O) groups is 3. The van der Waals surface area contributed by atoms with Crippen molar-refractivity contribution in [2.24, 2.45) is 0 Å². The van der Waals surface area contributed by atoms with E-state index in [9.17, 15) is 14.4 Å². The molecular weight excluding hydrogens is 398 g/mol. The minimum absolute atomic E-state index is 0.273. The third kappa shape index (κ3) is 15.9. The van der Waals surface area contributed by atoms with Crippen molar-refractivity contribution in [2.75, 3.05) is 5.75 Å². The van der Waals surface area contributed by atoms with Gasteiger partial charge in [0.2, 0.25) is 0 Å². The first kappa shape index (κ1) is 27.4. The van der Waals surface area contributed by atoms with E-state index in [1.807, 2.05) is 32.5 Å². The lowest BCUT2D eigenvalue weighted by atomic mass is 10.2. The Morgan fingerprint density at radius 3 is 1.52 bits per heavy atom. The summed E-state index contributed by atoms with van der Waals surface area (Å²) in [5.74, 6) is 1.13. The van der Waals surface area contributed by atoms with Gasteiger partial charge < -0.3 is 24.3 Å². The molecule has 2 atom stereocenters. The molecule has 8 nitrogen and oxygen atoms in total. The van der Waals surface area contributed by atoms with Crippen LogP contribution in [0.25, 0.3) is 0 Å². The summed E-state index contributed by atoms with van der Waals surface area (Å²) in [4.78, 5) is 33.4. The maximum absolute atomic E-state index is 11.4. The Hall–Kier alpha value is -1.64. The highest BCUT2D eigenvalue weighted by Crippen LogP contribution is 2.26. The van der Waals surface area contributed by atoms with Crippen molar-refractivity contribution in [3.8, 4) is 0 Å². The van der Waals surface area contributed by atoms with Gasteiger partial charge in [-0.25, -0.2) is 14.4 Å². The van der Waals surface area contributed by atoms with Gasteiger partial charge in [0, 0.05) is 11.3 Å². The molecule has 1 aliphatic heterocycles. The topological polar surface area (TPSA) is 100 Å². The molecule has 9 heteroatoms. The minimum Gasteiger partial charge on any atom is -0.444 e. The van der Waals surface area contributed by atoms with Crippen LogP contribution >= 0.6 is 11.8 Å². The number of amides is 1.